The Morgan fingerprint density at radius 3 is 2.35 bits per heavy atom. The van der Waals surface area contributed by atoms with E-state index in [1.54, 1.807) is 42.5 Å². The monoisotopic (exact) mass is 411 g/mol. The maximum absolute atomic E-state index is 13.9. The second-order valence-electron chi connectivity index (χ2n) is 5.32. The maximum Gasteiger partial charge on any atom is 0.358 e. The molecule has 0 aliphatic heterocycles. The molecule has 0 radical (unpaired) electrons. The van der Waals surface area contributed by atoms with E-state index in [2.05, 4.69) is 5.10 Å². The van der Waals surface area contributed by atoms with Gasteiger partial charge in [0.2, 0.25) is 0 Å². The van der Waals surface area contributed by atoms with Crippen molar-refractivity contribution in [2.45, 2.75) is 6.67 Å². The van der Waals surface area contributed by atoms with Crippen LogP contribution in [0.3, 0.4) is 0 Å². The van der Waals surface area contributed by atoms with Crippen molar-refractivity contribution in [1.29, 1.82) is 0 Å². The van der Waals surface area contributed by atoms with E-state index in [9.17, 15) is 9.18 Å². The van der Waals surface area contributed by atoms with Crippen LogP contribution in [-0.4, -0.2) is 22.9 Å². The highest BCUT2D eigenvalue weighted by molar-refractivity contribution is 6.35. The number of rotatable bonds is 4. The second kappa shape index (κ2) is 7.66. The Kier molecular flexibility index (Phi) is 5.51. The minimum absolute atomic E-state index is 0.102. The average Bonchev–Trinajstić information content (AvgIpc) is 3.01. The van der Waals surface area contributed by atoms with Crippen molar-refractivity contribution in [2.75, 3.05) is 7.11 Å². The van der Waals surface area contributed by atoms with E-state index < -0.39 is 12.6 Å². The third kappa shape index (κ3) is 3.43. The molecule has 0 atom stereocenters. The standard InChI is InChI=1S/C18H12Cl3FN2O2/c1-26-18(25)16-13(9-22)17(10-2-4-11(19)5-3-10)24(23-16)15-7-6-12(20)8-14(15)21/h2-8H,9H2,1H3/i22-1. The fourth-order valence-electron chi connectivity index (χ4n) is 2.57. The lowest BCUT2D eigenvalue weighted by atomic mass is 10.1. The van der Waals surface area contributed by atoms with Crippen molar-refractivity contribution < 1.29 is 13.9 Å². The summed E-state index contributed by atoms with van der Waals surface area (Å²) in [6.07, 6.45) is 0. The van der Waals surface area contributed by atoms with Gasteiger partial charge in [-0.25, -0.2) is 13.9 Å². The SMILES string of the molecule is COC(=O)c1nn(-c2ccc(Cl)cc2Cl)c(-c2ccc(Cl)cc2)c1C[18F]. The first-order valence-corrected chi connectivity index (χ1v) is 8.57. The minimum atomic E-state index is -0.909. The summed E-state index contributed by atoms with van der Waals surface area (Å²) in [6, 6.07) is 11.6. The Morgan fingerprint density at radius 1 is 1.12 bits per heavy atom. The zero-order valence-electron chi connectivity index (χ0n) is 13.5. The first-order valence-electron chi connectivity index (χ1n) is 7.43. The molecular weight excluding hydrogens is 401 g/mol. The normalized spacial score (nSPS) is 10.8. The maximum atomic E-state index is 13.9. The summed E-state index contributed by atoms with van der Waals surface area (Å²) < 4.78 is 20.0. The average molecular weight is 413 g/mol. The molecule has 2 aromatic carbocycles. The summed E-state index contributed by atoms with van der Waals surface area (Å²) in [4.78, 5) is 12.1. The smallest absolute Gasteiger partial charge is 0.358 e. The number of benzene rings is 2. The van der Waals surface area contributed by atoms with Gasteiger partial charge in [0, 0.05) is 21.2 Å². The molecule has 3 aromatic rings. The van der Waals surface area contributed by atoms with Gasteiger partial charge in [-0.1, -0.05) is 46.9 Å². The fourth-order valence-corrected chi connectivity index (χ4v) is 3.18. The number of alkyl halides is 1. The van der Waals surface area contributed by atoms with E-state index in [1.165, 1.54) is 11.8 Å². The zero-order chi connectivity index (χ0) is 18.8. The second-order valence-corrected chi connectivity index (χ2v) is 6.60. The van der Waals surface area contributed by atoms with Gasteiger partial charge in [0.1, 0.15) is 6.67 Å². The van der Waals surface area contributed by atoms with Gasteiger partial charge in [-0.15, -0.1) is 0 Å². The Labute approximate surface area is 164 Å². The lowest BCUT2D eigenvalue weighted by Crippen LogP contribution is -2.06. The molecule has 0 aliphatic carbocycles. The molecule has 0 saturated carbocycles. The van der Waals surface area contributed by atoms with Gasteiger partial charge < -0.3 is 4.74 Å². The van der Waals surface area contributed by atoms with Crippen molar-refractivity contribution in [3.8, 4) is 16.9 Å². The quantitative estimate of drug-likeness (QED) is 0.512. The van der Waals surface area contributed by atoms with E-state index in [4.69, 9.17) is 39.5 Å². The molecule has 1 heterocycles. The van der Waals surface area contributed by atoms with Crippen molar-refractivity contribution in [1.82, 2.24) is 9.78 Å². The largest absolute Gasteiger partial charge is 0.464 e. The van der Waals surface area contributed by atoms with E-state index in [-0.39, 0.29) is 11.3 Å². The summed E-state index contributed by atoms with van der Waals surface area (Å²) in [7, 11) is 1.21. The number of nitrogens with zero attached hydrogens (tertiary/aromatic N) is 2. The van der Waals surface area contributed by atoms with Crippen LogP contribution in [0.4, 0.5) is 4.39 Å². The Hall–Kier alpha value is -2.08. The molecule has 26 heavy (non-hydrogen) atoms. The molecule has 0 unspecified atom stereocenters. The number of hydrogen-bond acceptors (Lipinski definition) is 3. The van der Waals surface area contributed by atoms with Crippen molar-refractivity contribution in [3.63, 3.8) is 0 Å². The van der Waals surface area contributed by atoms with Gasteiger partial charge in [0.05, 0.1) is 23.5 Å². The molecule has 4 nitrogen and oxygen atoms in total. The van der Waals surface area contributed by atoms with Crippen molar-refractivity contribution in [3.05, 3.63) is 68.8 Å². The molecule has 0 saturated heterocycles. The number of methoxy groups -OCH3 is 1. The zero-order valence-corrected chi connectivity index (χ0v) is 15.7. The van der Waals surface area contributed by atoms with Crippen LogP contribution in [0.25, 0.3) is 16.9 Å². The predicted octanol–water partition coefficient (Wildman–Crippen LogP) is 5.76. The van der Waals surface area contributed by atoms with Crippen LogP contribution in [0.5, 0.6) is 0 Å². The molecule has 0 spiro atoms. The van der Waals surface area contributed by atoms with Gasteiger partial charge in [-0.2, -0.15) is 5.10 Å². The van der Waals surface area contributed by atoms with E-state index in [0.29, 0.717) is 32.0 Å². The number of ether oxygens (including phenoxy) is 1. The number of aromatic nitrogens is 2. The third-order valence-electron chi connectivity index (χ3n) is 3.75. The Balaban J connectivity index is 2.33. The molecule has 0 N–H and O–H groups in total. The number of carbonyl (C=O) groups excluding carboxylic acids is 1. The third-order valence-corrected chi connectivity index (χ3v) is 4.54. The Bertz CT molecular complexity index is 971. The van der Waals surface area contributed by atoms with Crippen molar-refractivity contribution >= 4 is 40.8 Å². The van der Waals surface area contributed by atoms with E-state index in [1.807, 2.05) is 0 Å². The number of halogens is 4. The number of esters is 1. The fraction of sp³-hybridized carbons (Fsp3) is 0.111. The van der Waals surface area contributed by atoms with Gasteiger partial charge in [0.25, 0.3) is 0 Å². The van der Waals surface area contributed by atoms with Crippen LogP contribution in [0.1, 0.15) is 16.1 Å². The van der Waals surface area contributed by atoms with Gasteiger partial charge >= 0.3 is 5.97 Å². The highest BCUT2D eigenvalue weighted by Crippen LogP contribution is 2.34. The molecular formula is C18H12Cl3FN2O2. The highest BCUT2D eigenvalue weighted by Gasteiger charge is 2.26. The van der Waals surface area contributed by atoms with E-state index in [0.717, 1.165) is 0 Å². The molecule has 0 bridgehead atoms. The van der Waals surface area contributed by atoms with Crippen LogP contribution in [0.15, 0.2) is 42.5 Å². The topological polar surface area (TPSA) is 44.1 Å². The molecule has 8 heteroatoms. The van der Waals surface area contributed by atoms with Crippen LogP contribution >= 0.6 is 34.8 Å². The van der Waals surface area contributed by atoms with E-state index >= 15 is 0 Å². The summed E-state index contributed by atoms with van der Waals surface area (Å²) in [5.74, 6) is -0.739. The van der Waals surface area contributed by atoms with Crippen LogP contribution in [0, 0.1) is 0 Å². The first-order chi connectivity index (χ1) is 12.5. The molecule has 0 fully saturated rings. The van der Waals surface area contributed by atoms with Gasteiger partial charge in [-0.05, 0) is 30.3 Å². The predicted molar refractivity (Wildman–Crippen MR) is 100 cm³/mol. The lowest BCUT2D eigenvalue weighted by molar-refractivity contribution is 0.0591. The molecule has 0 aliphatic rings. The van der Waals surface area contributed by atoms with Crippen molar-refractivity contribution in [2.24, 2.45) is 0 Å². The summed E-state index contributed by atoms with van der Waals surface area (Å²) in [5.41, 5.74) is 1.44. The number of carbonyl (C=O) groups is 1. The molecule has 0 amide bonds. The van der Waals surface area contributed by atoms with Gasteiger partial charge in [-0.3, -0.25) is 0 Å². The summed E-state index contributed by atoms with van der Waals surface area (Å²) in [6.45, 7) is -0.909. The molecule has 3 rings (SSSR count). The lowest BCUT2D eigenvalue weighted by Gasteiger charge is -2.11. The molecule has 134 valence electrons. The summed E-state index contributed by atoms with van der Waals surface area (Å²) in [5, 5.41) is 5.53. The minimum Gasteiger partial charge on any atom is -0.464 e. The van der Waals surface area contributed by atoms with Crippen LogP contribution < -0.4 is 0 Å². The van der Waals surface area contributed by atoms with Crippen LogP contribution in [0.2, 0.25) is 15.1 Å². The summed E-state index contributed by atoms with van der Waals surface area (Å²) >= 11 is 18.2. The number of hydrogen-bond donors (Lipinski definition) is 0. The first kappa shape index (κ1) is 18.7. The molecule has 1 aromatic heterocycles. The Morgan fingerprint density at radius 2 is 1.77 bits per heavy atom. The highest BCUT2D eigenvalue weighted by atomic mass is 35.5. The van der Waals surface area contributed by atoms with Crippen LogP contribution in [-0.2, 0) is 11.4 Å². The van der Waals surface area contributed by atoms with Gasteiger partial charge in [0.15, 0.2) is 5.69 Å².